The van der Waals surface area contributed by atoms with Gasteiger partial charge in [-0.1, -0.05) is 26.0 Å². The first-order valence-corrected chi connectivity index (χ1v) is 7.62. The molecule has 0 spiro atoms. The van der Waals surface area contributed by atoms with Crippen LogP contribution in [-0.4, -0.2) is 37.6 Å². The summed E-state index contributed by atoms with van der Waals surface area (Å²) in [4.78, 5) is 4.49. The fourth-order valence-electron chi connectivity index (χ4n) is 2.53. The van der Waals surface area contributed by atoms with Crippen molar-refractivity contribution in [3.63, 3.8) is 0 Å². The molecule has 0 aromatic heterocycles. The zero-order valence-corrected chi connectivity index (χ0v) is 13.0. The van der Waals surface area contributed by atoms with Crippen LogP contribution in [0.25, 0.3) is 0 Å². The van der Waals surface area contributed by atoms with Gasteiger partial charge < -0.3 is 15.5 Å². The maximum atomic E-state index is 14.1. The van der Waals surface area contributed by atoms with Crippen LogP contribution in [0, 0.1) is 5.82 Å². The van der Waals surface area contributed by atoms with Gasteiger partial charge in [0.25, 0.3) is 0 Å². The van der Waals surface area contributed by atoms with Gasteiger partial charge in [0, 0.05) is 19.6 Å². The summed E-state index contributed by atoms with van der Waals surface area (Å²) in [5, 5.41) is 0. The Labute approximate surface area is 122 Å². The van der Waals surface area contributed by atoms with E-state index in [1.54, 1.807) is 6.07 Å². The number of nitrogens with two attached hydrogens (primary N) is 1. The zero-order chi connectivity index (χ0) is 15.0. The van der Waals surface area contributed by atoms with E-state index in [4.69, 9.17) is 5.73 Å². The molecule has 0 fully saturated rings. The summed E-state index contributed by atoms with van der Waals surface area (Å²) in [6.45, 7) is 11.6. The van der Waals surface area contributed by atoms with Crippen molar-refractivity contribution < 1.29 is 4.39 Å². The Kier molecular flexibility index (Phi) is 7.55. The van der Waals surface area contributed by atoms with E-state index in [1.165, 1.54) is 6.07 Å². The van der Waals surface area contributed by atoms with Gasteiger partial charge in [0.2, 0.25) is 0 Å². The van der Waals surface area contributed by atoms with Crippen molar-refractivity contribution >= 4 is 5.69 Å². The number of nitrogens with zero attached hydrogens (tertiary/aromatic N) is 2. The average molecular weight is 281 g/mol. The molecule has 0 aliphatic rings. The number of rotatable bonds is 9. The summed E-state index contributed by atoms with van der Waals surface area (Å²) in [5.41, 5.74) is 7.29. The number of hydrogen-bond donors (Lipinski definition) is 1. The second-order valence-electron chi connectivity index (χ2n) is 4.91. The summed E-state index contributed by atoms with van der Waals surface area (Å²) in [7, 11) is 0. The average Bonchev–Trinajstić information content (AvgIpc) is 2.48. The van der Waals surface area contributed by atoms with Gasteiger partial charge in [-0.25, -0.2) is 4.39 Å². The van der Waals surface area contributed by atoms with Gasteiger partial charge in [-0.15, -0.1) is 0 Å². The number of para-hydroxylation sites is 1. The molecule has 1 rings (SSSR count). The van der Waals surface area contributed by atoms with Crippen LogP contribution in [-0.2, 0) is 6.54 Å². The van der Waals surface area contributed by atoms with Crippen LogP contribution in [0.1, 0.15) is 32.8 Å². The Balaban J connectivity index is 2.71. The minimum absolute atomic E-state index is 0.169. The Morgan fingerprint density at radius 2 is 1.75 bits per heavy atom. The predicted molar refractivity (Wildman–Crippen MR) is 84.6 cm³/mol. The molecular formula is C16H28FN3. The van der Waals surface area contributed by atoms with Gasteiger partial charge in [-0.3, -0.25) is 0 Å². The maximum Gasteiger partial charge on any atom is 0.146 e. The first-order valence-electron chi connectivity index (χ1n) is 7.62. The van der Waals surface area contributed by atoms with E-state index in [1.807, 2.05) is 6.07 Å². The predicted octanol–water partition coefficient (Wildman–Crippen LogP) is 2.84. The molecule has 1 aromatic carbocycles. The summed E-state index contributed by atoms with van der Waals surface area (Å²) in [6, 6.07) is 5.15. The van der Waals surface area contributed by atoms with Gasteiger partial charge in [0.05, 0.1) is 5.69 Å². The molecular weight excluding hydrogens is 253 g/mol. The highest BCUT2D eigenvalue weighted by Crippen LogP contribution is 2.24. The summed E-state index contributed by atoms with van der Waals surface area (Å²) in [6.07, 6.45) is 1.04. The Bertz CT molecular complexity index is 391. The lowest BCUT2D eigenvalue weighted by molar-refractivity contribution is 0.300. The smallest absolute Gasteiger partial charge is 0.146 e. The van der Waals surface area contributed by atoms with Crippen LogP contribution in [0.15, 0.2) is 18.2 Å². The summed E-state index contributed by atoms with van der Waals surface area (Å²) < 4.78 is 14.1. The van der Waals surface area contributed by atoms with E-state index in [-0.39, 0.29) is 5.82 Å². The second kappa shape index (κ2) is 8.93. The van der Waals surface area contributed by atoms with Crippen molar-refractivity contribution in [1.82, 2.24) is 4.90 Å². The molecule has 0 aliphatic heterocycles. The van der Waals surface area contributed by atoms with E-state index in [0.29, 0.717) is 12.2 Å². The molecule has 20 heavy (non-hydrogen) atoms. The Hall–Kier alpha value is -1.13. The lowest BCUT2D eigenvalue weighted by atomic mass is 10.1. The van der Waals surface area contributed by atoms with Crippen molar-refractivity contribution in [3.05, 3.63) is 29.6 Å². The quantitative estimate of drug-likeness (QED) is 0.755. The van der Waals surface area contributed by atoms with Gasteiger partial charge in [-0.2, -0.15) is 0 Å². The topological polar surface area (TPSA) is 32.5 Å². The van der Waals surface area contributed by atoms with E-state index >= 15 is 0 Å². The molecule has 0 aliphatic carbocycles. The minimum atomic E-state index is -0.169. The molecule has 0 saturated carbocycles. The highest BCUT2D eigenvalue weighted by molar-refractivity contribution is 5.54. The fraction of sp³-hybridized carbons (Fsp3) is 0.625. The minimum Gasteiger partial charge on any atom is -0.369 e. The number of benzene rings is 1. The monoisotopic (exact) mass is 281 g/mol. The van der Waals surface area contributed by atoms with Crippen molar-refractivity contribution in [3.8, 4) is 0 Å². The molecule has 0 amide bonds. The number of anilines is 1. The molecule has 0 bridgehead atoms. The first-order chi connectivity index (χ1) is 9.67. The lowest BCUT2D eigenvalue weighted by Crippen LogP contribution is -2.31. The van der Waals surface area contributed by atoms with E-state index in [2.05, 4.69) is 30.6 Å². The van der Waals surface area contributed by atoms with Crippen LogP contribution in [0.2, 0.25) is 0 Å². The second-order valence-corrected chi connectivity index (χ2v) is 4.91. The van der Waals surface area contributed by atoms with Crippen molar-refractivity contribution in [1.29, 1.82) is 0 Å². The third-order valence-electron chi connectivity index (χ3n) is 3.79. The molecule has 2 N–H and O–H groups in total. The molecule has 3 nitrogen and oxygen atoms in total. The van der Waals surface area contributed by atoms with Gasteiger partial charge in [0.15, 0.2) is 0 Å². The summed E-state index contributed by atoms with van der Waals surface area (Å²) >= 11 is 0. The van der Waals surface area contributed by atoms with E-state index in [9.17, 15) is 4.39 Å². The van der Waals surface area contributed by atoms with Gasteiger partial charge in [0.1, 0.15) is 5.82 Å². The van der Waals surface area contributed by atoms with Crippen molar-refractivity contribution in [2.24, 2.45) is 5.73 Å². The maximum absolute atomic E-state index is 14.1. The standard InChI is InChI=1S/C16H28FN3/c1-4-19(5-2)11-8-12-20(6-3)16-14(13-18)9-7-10-15(16)17/h7,9-10H,4-6,8,11-13,18H2,1-3H3. The van der Waals surface area contributed by atoms with Crippen LogP contribution in [0.4, 0.5) is 10.1 Å². The summed E-state index contributed by atoms with van der Waals surface area (Å²) in [5.74, 6) is -0.169. The van der Waals surface area contributed by atoms with Gasteiger partial charge >= 0.3 is 0 Å². The Morgan fingerprint density at radius 1 is 1.05 bits per heavy atom. The fourth-order valence-corrected chi connectivity index (χ4v) is 2.53. The van der Waals surface area contributed by atoms with Crippen LogP contribution in [0.3, 0.4) is 0 Å². The van der Waals surface area contributed by atoms with Crippen molar-refractivity contribution in [2.75, 3.05) is 37.6 Å². The number of hydrogen-bond acceptors (Lipinski definition) is 3. The molecule has 1 aromatic rings. The van der Waals surface area contributed by atoms with Gasteiger partial charge in [-0.05, 0) is 44.6 Å². The zero-order valence-electron chi connectivity index (χ0n) is 13.0. The molecule has 0 heterocycles. The molecule has 4 heteroatoms. The SMILES string of the molecule is CCN(CC)CCCN(CC)c1c(F)cccc1CN. The third kappa shape index (κ3) is 4.46. The van der Waals surface area contributed by atoms with Crippen LogP contribution in [0.5, 0.6) is 0 Å². The number of halogens is 1. The molecule has 0 unspecified atom stereocenters. The molecule has 0 radical (unpaired) electrons. The first kappa shape index (κ1) is 16.9. The van der Waals surface area contributed by atoms with Crippen LogP contribution >= 0.6 is 0 Å². The van der Waals surface area contributed by atoms with Crippen LogP contribution < -0.4 is 10.6 Å². The third-order valence-corrected chi connectivity index (χ3v) is 3.79. The largest absolute Gasteiger partial charge is 0.369 e. The van der Waals surface area contributed by atoms with E-state index < -0.39 is 0 Å². The highest BCUT2D eigenvalue weighted by Gasteiger charge is 2.14. The Morgan fingerprint density at radius 3 is 2.30 bits per heavy atom. The molecule has 114 valence electrons. The molecule has 0 atom stereocenters. The highest BCUT2D eigenvalue weighted by atomic mass is 19.1. The molecule has 0 saturated heterocycles. The van der Waals surface area contributed by atoms with Crippen molar-refractivity contribution in [2.45, 2.75) is 33.7 Å². The normalized spacial score (nSPS) is 11.1. The lowest BCUT2D eigenvalue weighted by Gasteiger charge is -2.27. The van der Waals surface area contributed by atoms with E-state index in [0.717, 1.165) is 44.7 Å².